The highest BCUT2D eigenvalue weighted by Crippen LogP contribution is 2.13. The zero-order chi connectivity index (χ0) is 14.5. The Labute approximate surface area is 101 Å². The number of halogens is 1. The van der Waals surface area contributed by atoms with Crippen LogP contribution in [0.1, 0.15) is 6.42 Å². The third-order valence-electron chi connectivity index (χ3n) is 2.26. The lowest BCUT2D eigenvalue weighted by atomic mass is 9.97. The van der Waals surface area contributed by atoms with E-state index in [1.165, 1.54) is 0 Å². The highest BCUT2D eigenvalue weighted by Gasteiger charge is 2.36. The maximum absolute atomic E-state index is 13.2. The molecule has 0 spiro atoms. The Morgan fingerprint density at radius 1 is 1.00 bits per heavy atom. The van der Waals surface area contributed by atoms with Crippen molar-refractivity contribution in [2.75, 3.05) is 6.61 Å². The zero-order valence-electron chi connectivity index (χ0n) is 9.18. The van der Waals surface area contributed by atoms with Crippen molar-refractivity contribution in [1.82, 2.24) is 0 Å². The predicted molar refractivity (Wildman–Crippen MR) is 53.3 cm³/mol. The molecule has 0 aromatic rings. The zero-order valence-corrected chi connectivity index (χ0v) is 9.18. The van der Waals surface area contributed by atoms with E-state index in [1.54, 1.807) is 0 Å². The van der Waals surface area contributed by atoms with Crippen molar-refractivity contribution in [1.29, 1.82) is 0 Å². The lowest BCUT2D eigenvalue weighted by molar-refractivity contribution is -0.153. The lowest BCUT2D eigenvalue weighted by Crippen LogP contribution is -2.48. The SMILES string of the molecule is O=C(O)C(=O)CC(O)C(O)C(O)C(F)C(O)CO. The van der Waals surface area contributed by atoms with Gasteiger partial charge in [-0.1, -0.05) is 0 Å². The van der Waals surface area contributed by atoms with E-state index >= 15 is 0 Å². The van der Waals surface area contributed by atoms with Crippen molar-refractivity contribution in [3.63, 3.8) is 0 Å². The number of carboxylic acid groups (broad SMARTS) is 1. The van der Waals surface area contributed by atoms with Crippen LogP contribution in [0.15, 0.2) is 0 Å². The maximum Gasteiger partial charge on any atom is 0.372 e. The maximum atomic E-state index is 13.2. The molecule has 0 bridgehead atoms. The standard InChI is InChI=1S/C9H15FO8/c10-6(5(14)2-11)8(16)7(15)3(12)1-4(13)9(17)18/h3,5-8,11-12,14-16H,1-2H2,(H,17,18). The summed E-state index contributed by atoms with van der Waals surface area (Å²) >= 11 is 0. The molecule has 5 unspecified atom stereocenters. The Morgan fingerprint density at radius 3 is 1.89 bits per heavy atom. The lowest BCUT2D eigenvalue weighted by Gasteiger charge is -2.26. The van der Waals surface area contributed by atoms with E-state index in [-0.39, 0.29) is 0 Å². The molecular formula is C9H15FO8. The van der Waals surface area contributed by atoms with Crippen molar-refractivity contribution in [3.05, 3.63) is 0 Å². The molecule has 0 aliphatic rings. The van der Waals surface area contributed by atoms with E-state index in [0.29, 0.717) is 0 Å². The molecule has 0 aliphatic heterocycles. The Hall–Kier alpha value is -1.13. The second-order valence-corrected chi connectivity index (χ2v) is 3.68. The summed E-state index contributed by atoms with van der Waals surface area (Å²) < 4.78 is 13.2. The molecule has 0 radical (unpaired) electrons. The van der Waals surface area contributed by atoms with Crippen LogP contribution in [0.25, 0.3) is 0 Å². The summed E-state index contributed by atoms with van der Waals surface area (Å²) in [5.74, 6) is -3.27. The largest absolute Gasteiger partial charge is 0.475 e. The fraction of sp³-hybridized carbons (Fsp3) is 0.778. The van der Waals surface area contributed by atoms with Crippen LogP contribution >= 0.6 is 0 Å². The number of hydrogen-bond donors (Lipinski definition) is 6. The number of ketones is 1. The molecular weight excluding hydrogens is 255 g/mol. The molecule has 5 atom stereocenters. The second kappa shape index (κ2) is 7.34. The van der Waals surface area contributed by atoms with Gasteiger partial charge in [0.15, 0.2) is 6.17 Å². The van der Waals surface area contributed by atoms with Crippen molar-refractivity contribution in [2.24, 2.45) is 0 Å². The summed E-state index contributed by atoms with van der Waals surface area (Å²) in [5.41, 5.74) is 0. The highest BCUT2D eigenvalue weighted by atomic mass is 19.1. The van der Waals surface area contributed by atoms with E-state index in [1.807, 2.05) is 0 Å². The Morgan fingerprint density at radius 2 is 1.50 bits per heavy atom. The van der Waals surface area contributed by atoms with E-state index in [0.717, 1.165) is 0 Å². The monoisotopic (exact) mass is 270 g/mol. The summed E-state index contributed by atoms with van der Waals surface area (Å²) in [6.45, 7) is -1.02. The first-order chi connectivity index (χ1) is 8.22. The van der Waals surface area contributed by atoms with Gasteiger partial charge in [-0.05, 0) is 0 Å². The van der Waals surface area contributed by atoms with Gasteiger partial charge in [-0.25, -0.2) is 9.18 Å². The molecule has 0 saturated carbocycles. The van der Waals surface area contributed by atoms with E-state index in [9.17, 15) is 29.3 Å². The van der Waals surface area contributed by atoms with Crippen LogP contribution in [0.3, 0.4) is 0 Å². The van der Waals surface area contributed by atoms with Gasteiger partial charge < -0.3 is 30.6 Å². The number of carboxylic acids is 1. The first-order valence-corrected chi connectivity index (χ1v) is 4.95. The molecule has 0 fully saturated rings. The molecule has 0 aromatic carbocycles. The van der Waals surface area contributed by atoms with E-state index < -0.39 is 55.4 Å². The third kappa shape index (κ3) is 4.63. The van der Waals surface area contributed by atoms with E-state index in [4.69, 9.17) is 15.3 Å². The number of carbonyl (C=O) groups excluding carboxylic acids is 1. The van der Waals surface area contributed by atoms with Crippen LogP contribution in [-0.2, 0) is 9.59 Å². The summed E-state index contributed by atoms with van der Waals surface area (Å²) in [7, 11) is 0. The minimum Gasteiger partial charge on any atom is -0.475 e. The molecule has 0 aliphatic carbocycles. The van der Waals surface area contributed by atoms with Gasteiger partial charge in [0.05, 0.1) is 12.7 Å². The van der Waals surface area contributed by atoms with Crippen LogP contribution in [0, 0.1) is 0 Å². The molecule has 0 saturated heterocycles. The van der Waals surface area contributed by atoms with Crippen LogP contribution in [0.2, 0.25) is 0 Å². The molecule has 106 valence electrons. The fourth-order valence-electron chi connectivity index (χ4n) is 1.14. The van der Waals surface area contributed by atoms with Crippen molar-refractivity contribution in [2.45, 2.75) is 37.0 Å². The smallest absolute Gasteiger partial charge is 0.372 e. The van der Waals surface area contributed by atoms with Gasteiger partial charge in [-0.15, -0.1) is 0 Å². The molecule has 0 aromatic heterocycles. The Bertz CT molecular complexity index is 296. The van der Waals surface area contributed by atoms with Gasteiger partial charge in [-0.2, -0.15) is 0 Å². The highest BCUT2D eigenvalue weighted by molar-refractivity contribution is 6.32. The van der Waals surface area contributed by atoms with Crippen molar-refractivity contribution >= 4 is 11.8 Å². The topological polar surface area (TPSA) is 156 Å². The summed E-state index contributed by atoms with van der Waals surface area (Å²) in [4.78, 5) is 20.9. The van der Waals surface area contributed by atoms with Crippen LogP contribution in [0.5, 0.6) is 0 Å². The van der Waals surface area contributed by atoms with Crippen LogP contribution < -0.4 is 0 Å². The Balaban J connectivity index is 4.49. The fourth-order valence-corrected chi connectivity index (χ4v) is 1.14. The number of aliphatic hydroxyl groups excluding tert-OH is 5. The first-order valence-electron chi connectivity index (χ1n) is 4.95. The van der Waals surface area contributed by atoms with Gasteiger partial charge >= 0.3 is 5.97 Å². The molecule has 6 N–H and O–H groups in total. The number of aliphatic hydroxyl groups is 5. The van der Waals surface area contributed by atoms with Gasteiger partial charge in [0.25, 0.3) is 0 Å². The second-order valence-electron chi connectivity index (χ2n) is 3.68. The molecule has 0 rings (SSSR count). The van der Waals surface area contributed by atoms with Crippen LogP contribution in [-0.4, -0.2) is 79.6 Å². The van der Waals surface area contributed by atoms with Crippen LogP contribution in [0.4, 0.5) is 4.39 Å². The van der Waals surface area contributed by atoms with Crippen molar-refractivity contribution in [3.8, 4) is 0 Å². The first kappa shape index (κ1) is 16.9. The van der Waals surface area contributed by atoms with Gasteiger partial charge in [0.1, 0.15) is 18.3 Å². The van der Waals surface area contributed by atoms with Gasteiger partial charge in [0.2, 0.25) is 5.78 Å². The van der Waals surface area contributed by atoms with Crippen molar-refractivity contribution < 1.29 is 44.6 Å². The van der Waals surface area contributed by atoms with Gasteiger partial charge in [-0.3, -0.25) is 4.79 Å². The number of hydrogen-bond acceptors (Lipinski definition) is 7. The summed E-state index contributed by atoms with van der Waals surface area (Å²) in [5, 5.41) is 53.2. The molecule has 0 heterocycles. The number of rotatable bonds is 8. The average molecular weight is 270 g/mol. The third-order valence-corrected chi connectivity index (χ3v) is 2.26. The number of aliphatic carboxylic acids is 1. The Kier molecular flexibility index (Phi) is 6.88. The minimum atomic E-state index is -2.46. The summed E-state index contributed by atoms with van der Waals surface area (Å²) in [6, 6.07) is 0. The van der Waals surface area contributed by atoms with E-state index in [2.05, 4.69) is 0 Å². The number of carbonyl (C=O) groups is 2. The predicted octanol–water partition coefficient (Wildman–Crippen LogP) is -3.20. The molecule has 0 amide bonds. The normalized spacial score (nSPS) is 19.7. The number of alkyl halides is 1. The average Bonchev–Trinajstić information content (AvgIpc) is 2.34. The molecule has 9 heteroatoms. The minimum absolute atomic E-state index is 1.02. The van der Waals surface area contributed by atoms with Gasteiger partial charge in [0, 0.05) is 6.42 Å². The molecule has 18 heavy (non-hydrogen) atoms. The number of Topliss-reactive ketones (excluding diaryl/α,β-unsaturated/α-hetero) is 1. The summed E-state index contributed by atoms with van der Waals surface area (Å²) in [6.07, 6.45) is -11.9. The quantitative estimate of drug-likeness (QED) is 0.252. The molecule has 8 nitrogen and oxygen atoms in total.